The van der Waals surface area contributed by atoms with Crippen LogP contribution in [0.15, 0.2) is 29.1 Å². The lowest BCUT2D eigenvalue weighted by molar-refractivity contribution is -0.141. The zero-order chi connectivity index (χ0) is 14.2. The maximum Gasteiger partial charge on any atom is 0.431 e. The fraction of sp³-hybridized carbons (Fsp3) is 0.231. The van der Waals surface area contributed by atoms with E-state index in [9.17, 15) is 18.0 Å². The summed E-state index contributed by atoms with van der Waals surface area (Å²) in [7, 11) is 0. The molecule has 0 radical (unpaired) electrons. The van der Waals surface area contributed by atoms with Crippen LogP contribution in [0.5, 0.6) is 0 Å². The van der Waals surface area contributed by atoms with Crippen molar-refractivity contribution in [2.45, 2.75) is 20.0 Å². The Hall–Kier alpha value is -2.11. The number of halogens is 3. The number of benzene rings is 1. The van der Waals surface area contributed by atoms with Crippen LogP contribution in [0, 0.1) is 13.8 Å². The maximum atomic E-state index is 12.6. The number of hydrogen-bond donors (Lipinski definition) is 1. The molecule has 0 aliphatic rings. The largest absolute Gasteiger partial charge is 0.431 e. The molecule has 0 atom stereocenters. The van der Waals surface area contributed by atoms with Crippen molar-refractivity contribution in [1.29, 1.82) is 0 Å². The molecule has 100 valence electrons. The Morgan fingerprint density at radius 1 is 1.11 bits per heavy atom. The fourth-order valence-electron chi connectivity index (χ4n) is 1.66. The van der Waals surface area contributed by atoms with Crippen molar-refractivity contribution in [3.05, 3.63) is 51.6 Å². The number of aromatic amines is 1. The van der Waals surface area contributed by atoms with Gasteiger partial charge in [0.05, 0.1) is 5.69 Å². The van der Waals surface area contributed by atoms with Gasteiger partial charge in [0, 0.05) is 5.56 Å². The molecule has 0 aliphatic heterocycles. The Balaban J connectivity index is 2.59. The third-order valence-corrected chi connectivity index (χ3v) is 2.85. The molecular weight excluding hydrogens is 257 g/mol. The second-order valence-corrected chi connectivity index (χ2v) is 4.28. The molecule has 0 saturated heterocycles. The summed E-state index contributed by atoms with van der Waals surface area (Å²) in [6.07, 6.45) is -4.60. The molecule has 0 spiro atoms. The monoisotopic (exact) mass is 268 g/mol. The quantitative estimate of drug-likeness (QED) is 0.863. The lowest BCUT2D eigenvalue weighted by Crippen LogP contribution is -2.19. The van der Waals surface area contributed by atoms with Crippen LogP contribution in [0.3, 0.4) is 0 Å². The van der Waals surface area contributed by atoms with Crippen LogP contribution >= 0.6 is 0 Å². The second kappa shape index (κ2) is 4.53. The predicted octanol–water partition coefficient (Wildman–Crippen LogP) is 3.07. The van der Waals surface area contributed by atoms with Gasteiger partial charge in [-0.3, -0.25) is 0 Å². The molecular formula is C13H11F3N2O. The smallest absolute Gasteiger partial charge is 0.302 e. The van der Waals surface area contributed by atoms with E-state index in [1.807, 2.05) is 13.8 Å². The lowest BCUT2D eigenvalue weighted by atomic mass is 10.0. The number of alkyl halides is 3. The summed E-state index contributed by atoms with van der Waals surface area (Å²) in [6.45, 7) is 3.74. The van der Waals surface area contributed by atoms with Crippen LogP contribution in [-0.2, 0) is 6.18 Å². The number of aryl methyl sites for hydroxylation is 2. The first kappa shape index (κ1) is 13.3. The van der Waals surface area contributed by atoms with E-state index in [0.29, 0.717) is 5.56 Å². The van der Waals surface area contributed by atoms with Gasteiger partial charge >= 0.3 is 11.9 Å². The van der Waals surface area contributed by atoms with E-state index in [1.165, 1.54) is 0 Å². The summed E-state index contributed by atoms with van der Waals surface area (Å²) in [6, 6.07) is 5.97. The summed E-state index contributed by atoms with van der Waals surface area (Å²) >= 11 is 0. The molecule has 1 heterocycles. The van der Waals surface area contributed by atoms with Gasteiger partial charge in [0.2, 0.25) is 0 Å². The van der Waals surface area contributed by atoms with Crippen LogP contribution < -0.4 is 5.69 Å². The molecule has 3 nitrogen and oxygen atoms in total. The Morgan fingerprint density at radius 2 is 1.79 bits per heavy atom. The van der Waals surface area contributed by atoms with Gasteiger partial charge in [-0.2, -0.15) is 18.2 Å². The van der Waals surface area contributed by atoms with Gasteiger partial charge in [-0.1, -0.05) is 12.1 Å². The highest BCUT2D eigenvalue weighted by atomic mass is 19.4. The molecule has 0 bridgehead atoms. The molecule has 0 amide bonds. The molecule has 1 aromatic heterocycles. The first-order chi connectivity index (χ1) is 8.77. The zero-order valence-electron chi connectivity index (χ0n) is 10.3. The van der Waals surface area contributed by atoms with Crippen LogP contribution in [0.4, 0.5) is 13.2 Å². The zero-order valence-corrected chi connectivity index (χ0v) is 10.3. The van der Waals surface area contributed by atoms with Crippen molar-refractivity contribution in [3.8, 4) is 11.3 Å². The molecule has 2 aromatic rings. The van der Waals surface area contributed by atoms with Gasteiger partial charge in [0.25, 0.3) is 0 Å². The van der Waals surface area contributed by atoms with Gasteiger partial charge in [-0.15, -0.1) is 0 Å². The highest BCUT2D eigenvalue weighted by Gasteiger charge is 2.32. The Labute approximate surface area is 107 Å². The average molecular weight is 268 g/mol. The van der Waals surface area contributed by atoms with Crippen molar-refractivity contribution < 1.29 is 13.2 Å². The van der Waals surface area contributed by atoms with E-state index in [1.54, 1.807) is 23.2 Å². The summed E-state index contributed by atoms with van der Waals surface area (Å²) in [5.74, 6) is 0. The molecule has 0 aliphatic carbocycles. The number of H-pyrrole nitrogens is 1. The summed E-state index contributed by atoms with van der Waals surface area (Å²) in [4.78, 5) is 16.5. The highest BCUT2D eigenvalue weighted by Crippen LogP contribution is 2.29. The molecule has 6 heteroatoms. The average Bonchev–Trinajstić information content (AvgIpc) is 2.31. The molecule has 1 aromatic carbocycles. The van der Waals surface area contributed by atoms with Gasteiger partial charge in [-0.05, 0) is 37.1 Å². The molecule has 2 rings (SSSR count). The van der Waals surface area contributed by atoms with Crippen LogP contribution in [0.25, 0.3) is 11.3 Å². The van der Waals surface area contributed by atoms with Crippen molar-refractivity contribution in [2.75, 3.05) is 0 Å². The van der Waals surface area contributed by atoms with Crippen LogP contribution in [0.1, 0.15) is 16.8 Å². The topological polar surface area (TPSA) is 45.8 Å². The molecule has 0 fully saturated rings. The Bertz CT molecular complexity index is 674. The fourth-order valence-corrected chi connectivity index (χ4v) is 1.66. The van der Waals surface area contributed by atoms with Crippen molar-refractivity contribution in [3.63, 3.8) is 0 Å². The SMILES string of the molecule is Cc1ccc(-c2cc(C(F)(F)F)[nH]c(=O)n2)cc1C. The van der Waals surface area contributed by atoms with Crippen molar-refractivity contribution >= 4 is 0 Å². The molecule has 0 saturated carbocycles. The van der Waals surface area contributed by atoms with Crippen molar-refractivity contribution in [2.24, 2.45) is 0 Å². The first-order valence-electron chi connectivity index (χ1n) is 5.53. The van der Waals surface area contributed by atoms with Crippen LogP contribution in [-0.4, -0.2) is 9.97 Å². The number of nitrogens with one attached hydrogen (secondary N) is 1. The number of aromatic nitrogens is 2. The van der Waals surface area contributed by atoms with E-state index in [-0.39, 0.29) is 5.69 Å². The van der Waals surface area contributed by atoms with Gasteiger partial charge in [-0.25, -0.2) is 4.79 Å². The minimum atomic E-state index is -4.60. The van der Waals surface area contributed by atoms with E-state index < -0.39 is 17.6 Å². The predicted molar refractivity (Wildman–Crippen MR) is 64.8 cm³/mol. The maximum absolute atomic E-state index is 12.6. The molecule has 0 unspecified atom stereocenters. The summed E-state index contributed by atoms with van der Waals surface area (Å²) in [5, 5.41) is 0. The molecule has 1 N–H and O–H groups in total. The van der Waals surface area contributed by atoms with Gasteiger partial charge in [0.1, 0.15) is 5.69 Å². The van der Waals surface area contributed by atoms with Crippen molar-refractivity contribution in [1.82, 2.24) is 9.97 Å². The standard InChI is InChI=1S/C13H11F3N2O/c1-7-3-4-9(5-8(7)2)10-6-11(13(14,15)16)18-12(19)17-10/h3-6H,1-2H3,(H,17,18,19). The normalized spacial score (nSPS) is 11.6. The lowest BCUT2D eigenvalue weighted by Gasteiger charge is -2.08. The first-order valence-corrected chi connectivity index (χ1v) is 5.53. The molecule has 19 heavy (non-hydrogen) atoms. The van der Waals surface area contributed by atoms with Gasteiger partial charge < -0.3 is 4.98 Å². The van der Waals surface area contributed by atoms with E-state index in [2.05, 4.69) is 4.98 Å². The number of nitrogens with zero attached hydrogens (tertiary/aromatic N) is 1. The van der Waals surface area contributed by atoms with Crippen LogP contribution in [0.2, 0.25) is 0 Å². The third-order valence-electron chi connectivity index (χ3n) is 2.85. The summed E-state index contributed by atoms with van der Waals surface area (Å²) in [5.41, 5.74) is 0.334. The Kier molecular flexibility index (Phi) is 3.18. The second-order valence-electron chi connectivity index (χ2n) is 4.28. The highest BCUT2D eigenvalue weighted by molar-refractivity contribution is 5.61. The summed E-state index contributed by atoms with van der Waals surface area (Å²) < 4.78 is 37.8. The minimum absolute atomic E-state index is 0.0131. The van der Waals surface area contributed by atoms with E-state index in [4.69, 9.17) is 0 Å². The van der Waals surface area contributed by atoms with E-state index in [0.717, 1.165) is 17.2 Å². The third kappa shape index (κ3) is 2.83. The van der Waals surface area contributed by atoms with Gasteiger partial charge in [0.15, 0.2) is 0 Å². The Morgan fingerprint density at radius 3 is 2.37 bits per heavy atom. The van der Waals surface area contributed by atoms with E-state index >= 15 is 0 Å². The number of hydrogen-bond acceptors (Lipinski definition) is 2. The minimum Gasteiger partial charge on any atom is -0.302 e. The number of rotatable bonds is 1.